The SMILES string of the molecule is Cc1ccc(S(=O)(=O)OCCC2CCN(c3ccc(N4CCC(=O)NC4=O)cc3)CC2)cc1. The van der Waals surface area contributed by atoms with Gasteiger partial charge in [-0.15, -0.1) is 0 Å². The second kappa shape index (κ2) is 9.93. The zero-order valence-electron chi connectivity index (χ0n) is 18.7. The molecule has 33 heavy (non-hydrogen) atoms. The Labute approximate surface area is 194 Å². The molecular formula is C24H29N3O5S. The smallest absolute Gasteiger partial charge is 0.328 e. The van der Waals surface area contributed by atoms with Gasteiger partial charge in [-0.1, -0.05) is 17.7 Å². The van der Waals surface area contributed by atoms with E-state index in [4.69, 9.17) is 4.18 Å². The van der Waals surface area contributed by atoms with Crippen LogP contribution >= 0.6 is 0 Å². The summed E-state index contributed by atoms with van der Waals surface area (Å²) in [6, 6.07) is 14.1. The lowest BCUT2D eigenvalue weighted by Crippen LogP contribution is -2.49. The molecule has 0 atom stereocenters. The van der Waals surface area contributed by atoms with Crippen LogP contribution in [0.2, 0.25) is 0 Å². The number of nitrogens with one attached hydrogen (secondary N) is 1. The van der Waals surface area contributed by atoms with Gasteiger partial charge in [0, 0.05) is 37.4 Å². The number of carbonyl (C=O) groups excluding carboxylic acids is 2. The number of imide groups is 1. The van der Waals surface area contributed by atoms with Crippen LogP contribution < -0.4 is 15.1 Å². The molecule has 2 saturated heterocycles. The molecule has 0 bridgehead atoms. The molecule has 176 valence electrons. The molecule has 8 nitrogen and oxygen atoms in total. The standard InChI is InChI=1S/C24H29N3O5S/c1-18-2-8-22(9-3-18)33(30,31)32-17-13-19-10-14-26(15-11-19)20-4-6-21(7-5-20)27-16-12-23(28)25-24(27)29/h2-9,19H,10-17H2,1H3,(H,25,28,29). The lowest BCUT2D eigenvalue weighted by Gasteiger charge is -2.34. The number of rotatable bonds is 7. The highest BCUT2D eigenvalue weighted by atomic mass is 32.2. The van der Waals surface area contributed by atoms with Crippen molar-refractivity contribution in [1.82, 2.24) is 5.32 Å². The molecule has 2 fully saturated rings. The van der Waals surface area contributed by atoms with E-state index in [-0.39, 0.29) is 23.4 Å². The van der Waals surface area contributed by atoms with Crippen molar-refractivity contribution in [2.75, 3.05) is 36.0 Å². The number of amides is 3. The van der Waals surface area contributed by atoms with Crippen LogP contribution in [-0.4, -0.2) is 46.6 Å². The van der Waals surface area contributed by atoms with Gasteiger partial charge in [0.1, 0.15) is 0 Å². The van der Waals surface area contributed by atoms with Crippen LogP contribution in [0.15, 0.2) is 53.4 Å². The molecule has 0 aliphatic carbocycles. The van der Waals surface area contributed by atoms with Crippen molar-refractivity contribution in [3.05, 3.63) is 54.1 Å². The van der Waals surface area contributed by atoms with Crippen LogP contribution in [0.25, 0.3) is 0 Å². The van der Waals surface area contributed by atoms with E-state index in [1.165, 1.54) is 0 Å². The van der Waals surface area contributed by atoms with E-state index < -0.39 is 10.1 Å². The Hall–Kier alpha value is -2.91. The fourth-order valence-electron chi connectivity index (χ4n) is 4.23. The van der Waals surface area contributed by atoms with Crippen molar-refractivity contribution in [2.45, 2.75) is 37.5 Å². The van der Waals surface area contributed by atoms with Gasteiger partial charge in [-0.05, 0) is 68.5 Å². The van der Waals surface area contributed by atoms with E-state index >= 15 is 0 Å². The average Bonchev–Trinajstić information content (AvgIpc) is 2.80. The monoisotopic (exact) mass is 471 g/mol. The Balaban J connectivity index is 1.24. The predicted molar refractivity (Wildman–Crippen MR) is 126 cm³/mol. The first-order valence-corrected chi connectivity index (χ1v) is 12.6. The molecule has 9 heteroatoms. The predicted octanol–water partition coefficient (Wildman–Crippen LogP) is 3.45. The third-order valence-electron chi connectivity index (χ3n) is 6.27. The van der Waals surface area contributed by atoms with E-state index in [9.17, 15) is 18.0 Å². The van der Waals surface area contributed by atoms with Crippen LogP contribution in [0.5, 0.6) is 0 Å². The molecule has 3 amide bonds. The van der Waals surface area contributed by atoms with E-state index in [1.54, 1.807) is 29.2 Å². The van der Waals surface area contributed by atoms with E-state index in [0.717, 1.165) is 42.9 Å². The minimum atomic E-state index is -3.71. The van der Waals surface area contributed by atoms with Gasteiger partial charge >= 0.3 is 6.03 Å². The summed E-state index contributed by atoms with van der Waals surface area (Å²) in [4.78, 5) is 27.4. The Morgan fingerprint density at radius 2 is 1.58 bits per heavy atom. The van der Waals surface area contributed by atoms with Crippen molar-refractivity contribution in [2.24, 2.45) is 5.92 Å². The average molecular weight is 472 g/mol. The summed E-state index contributed by atoms with van der Waals surface area (Å²) in [6.45, 7) is 4.25. The summed E-state index contributed by atoms with van der Waals surface area (Å²) in [5, 5.41) is 2.34. The molecule has 2 aromatic rings. The van der Waals surface area contributed by atoms with Gasteiger partial charge in [0.15, 0.2) is 0 Å². The quantitative estimate of drug-likeness (QED) is 0.622. The molecule has 2 aromatic carbocycles. The van der Waals surface area contributed by atoms with Crippen molar-refractivity contribution < 1.29 is 22.2 Å². The molecule has 0 aromatic heterocycles. The molecule has 2 aliphatic rings. The van der Waals surface area contributed by atoms with Gasteiger partial charge in [0.2, 0.25) is 5.91 Å². The molecule has 1 N–H and O–H groups in total. The summed E-state index contributed by atoms with van der Waals surface area (Å²) < 4.78 is 29.9. The maximum absolute atomic E-state index is 12.3. The summed E-state index contributed by atoms with van der Waals surface area (Å²) in [7, 11) is -3.71. The van der Waals surface area contributed by atoms with Crippen LogP contribution in [0.1, 0.15) is 31.2 Å². The second-order valence-corrected chi connectivity index (χ2v) is 10.2. The maximum atomic E-state index is 12.3. The number of urea groups is 1. The fourth-order valence-corrected chi connectivity index (χ4v) is 5.15. The zero-order valence-corrected chi connectivity index (χ0v) is 19.5. The number of benzene rings is 2. The van der Waals surface area contributed by atoms with E-state index in [2.05, 4.69) is 10.2 Å². The van der Waals surface area contributed by atoms with E-state index in [0.29, 0.717) is 25.3 Å². The second-order valence-electron chi connectivity index (χ2n) is 8.58. The minimum absolute atomic E-state index is 0.190. The first kappa shape index (κ1) is 23.3. The van der Waals surface area contributed by atoms with Crippen LogP contribution in [0.3, 0.4) is 0 Å². The molecule has 2 heterocycles. The molecule has 0 saturated carbocycles. The zero-order chi connectivity index (χ0) is 23.4. The minimum Gasteiger partial charge on any atom is -0.372 e. The number of carbonyl (C=O) groups is 2. The lowest BCUT2D eigenvalue weighted by molar-refractivity contribution is -0.120. The third kappa shape index (κ3) is 5.72. The van der Waals surface area contributed by atoms with Crippen molar-refractivity contribution in [1.29, 1.82) is 0 Å². The molecular weight excluding hydrogens is 442 g/mol. The van der Waals surface area contributed by atoms with Crippen LogP contribution in [0, 0.1) is 12.8 Å². The summed E-state index contributed by atoms with van der Waals surface area (Å²) in [5.74, 6) is 0.178. The van der Waals surface area contributed by atoms with Crippen molar-refractivity contribution in [3.63, 3.8) is 0 Å². The Morgan fingerprint density at radius 3 is 2.21 bits per heavy atom. The lowest BCUT2D eigenvalue weighted by atomic mass is 9.93. The highest BCUT2D eigenvalue weighted by molar-refractivity contribution is 7.86. The highest BCUT2D eigenvalue weighted by Gasteiger charge is 2.25. The number of nitrogens with zero attached hydrogens (tertiary/aromatic N) is 2. The number of aryl methyl sites for hydroxylation is 1. The van der Waals surface area contributed by atoms with Crippen molar-refractivity contribution in [3.8, 4) is 0 Å². The van der Waals surface area contributed by atoms with Crippen LogP contribution in [-0.2, 0) is 19.1 Å². The maximum Gasteiger partial charge on any atom is 0.328 e. The molecule has 2 aliphatic heterocycles. The Morgan fingerprint density at radius 1 is 0.939 bits per heavy atom. The van der Waals surface area contributed by atoms with Gasteiger partial charge in [0.05, 0.1) is 11.5 Å². The highest BCUT2D eigenvalue weighted by Crippen LogP contribution is 2.28. The Kier molecular flexibility index (Phi) is 6.99. The van der Waals surface area contributed by atoms with Gasteiger partial charge in [-0.2, -0.15) is 8.42 Å². The molecule has 4 rings (SSSR count). The first-order valence-electron chi connectivity index (χ1n) is 11.2. The largest absolute Gasteiger partial charge is 0.372 e. The number of anilines is 2. The summed E-state index contributed by atoms with van der Waals surface area (Å²) in [6.07, 6.45) is 2.94. The van der Waals surface area contributed by atoms with Gasteiger partial charge in [-0.3, -0.25) is 19.2 Å². The van der Waals surface area contributed by atoms with Crippen LogP contribution in [0.4, 0.5) is 16.2 Å². The van der Waals surface area contributed by atoms with Gasteiger partial charge < -0.3 is 4.90 Å². The van der Waals surface area contributed by atoms with Crippen molar-refractivity contribution >= 4 is 33.4 Å². The number of hydrogen-bond acceptors (Lipinski definition) is 6. The molecule has 0 radical (unpaired) electrons. The third-order valence-corrected chi connectivity index (χ3v) is 7.60. The number of hydrogen-bond donors (Lipinski definition) is 1. The fraction of sp³-hybridized carbons (Fsp3) is 0.417. The summed E-state index contributed by atoms with van der Waals surface area (Å²) >= 11 is 0. The molecule has 0 spiro atoms. The first-order chi connectivity index (χ1) is 15.8. The van der Waals surface area contributed by atoms with Gasteiger partial charge in [-0.25, -0.2) is 4.79 Å². The normalized spacial score (nSPS) is 17.8. The molecule has 0 unspecified atom stereocenters. The summed E-state index contributed by atoms with van der Waals surface area (Å²) in [5.41, 5.74) is 2.86. The van der Waals surface area contributed by atoms with E-state index in [1.807, 2.05) is 31.2 Å². The van der Waals surface area contributed by atoms with Gasteiger partial charge in [0.25, 0.3) is 10.1 Å². The number of piperidine rings is 1. The topological polar surface area (TPSA) is 96.0 Å². The Bertz CT molecular complexity index is 1090.